The van der Waals surface area contributed by atoms with Crippen molar-refractivity contribution < 1.29 is 21.6 Å². The topological polar surface area (TPSA) is 76.9 Å². The molecule has 1 aliphatic heterocycles. The highest BCUT2D eigenvalue weighted by Crippen LogP contribution is 2.34. The van der Waals surface area contributed by atoms with Gasteiger partial charge in [-0.1, -0.05) is 30.3 Å². The van der Waals surface area contributed by atoms with Crippen LogP contribution in [-0.4, -0.2) is 29.4 Å². The van der Waals surface area contributed by atoms with Crippen LogP contribution in [0.5, 0.6) is 0 Å². The molecule has 0 unspecified atom stereocenters. The number of hydrogen-bond donors (Lipinski definition) is 1. The summed E-state index contributed by atoms with van der Waals surface area (Å²) in [7, 11) is -3.76. The van der Waals surface area contributed by atoms with Crippen molar-refractivity contribution in [1.82, 2.24) is 19.5 Å². The zero-order valence-electron chi connectivity index (χ0n) is 13.6. The number of alkyl halides is 3. The fourth-order valence-electron chi connectivity index (χ4n) is 2.73. The number of nitrogens with zero attached hydrogens (tertiary/aromatic N) is 3. The van der Waals surface area contributed by atoms with E-state index in [0.29, 0.717) is 11.4 Å². The molecule has 0 saturated carbocycles. The van der Waals surface area contributed by atoms with Crippen LogP contribution < -0.4 is 4.72 Å². The zero-order chi connectivity index (χ0) is 18.8. The summed E-state index contributed by atoms with van der Waals surface area (Å²) in [5.41, 5.74) is 0.714. The second-order valence-electron chi connectivity index (χ2n) is 6.00. The fraction of sp³-hybridized carbons (Fsp3) is 0.375. The molecule has 0 amide bonds. The van der Waals surface area contributed by atoms with Crippen LogP contribution in [0.3, 0.4) is 0 Å². The molecule has 2 aromatic rings. The Morgan fingerprint density at radius 1 is 1.23 bits per heavy atom. The molecule has 10 heteroatoms. The molecule has 0 saturated heterocycles. The van der Waals surface area contributed by atoms with Crippen LogP contribution in [-0.2, 0) is 29.5 Å². The molecular formula is C16H17F3N4O2S. The summed E-state index contributed by atoms with van der Waals surface area (Å²) in [5.74, 6) is -0.857. The van der Waals surface area contributed by atoms with E-state index in [-0.39, 0.29) is 31.8 Å². The number of aromatic nitrogens is 3. The third-order valence-electron chi connectivity index (χ3n) is 4.16. The van der Waals surface area contributed by atoms with Gasteiger partial charge in [-0.25, -0.2) is 13.1 Å². The molecule has 2 heterocycles. The van der Waals surface area contributed by atoms with Gasteiger partial charge in [0.15, 0.2) is 0 Å². The van der Waals surface area contributed by atoms with E-state index in [1.54, 1.807) is 24.3 Å². The van der Waals surface area contributed by atoms with Crippen molar-refractivity contribution in [3.63, 3.8) is 0 Å². The van der Waals surface area contributed by atoms with E-state index in [9.17, 15) is 21.6 Å². The lowest BCUT2D eigenvalue weighted by molar-refractivity contribution is -0.182. The van der Waals surface area contributed by atoms with Gasteiger partial charge >= 0.3 is 6.18 Å². The van der Waals surface area contributed by atoms with Crippen LogP contribution in [0.2, 0.25) is 0 Å². The maximum absolute atomic E-state index is 12.9. The van der Waals surface area contributed by atoms with Gasteiger partial charge in [-0.05, 0) is 18.1 Å². The van der Waals surface area contributed by atoms with E-state index in [4.69, 9.17) is 0 Å². The highest BCUT2D eigenvalue weighted by atomic mass is 32.2. The lowest BCUT2D eigenvalue weighted by atomic mass is 9.99. The third kappa shape index (κ3) is 4.50. The number of rotatable bonds is 5. The molecule has 1 atom stereocenters. The van der Waals surface area contributed by atoms with Crippen molar-refractivity contribution >= 4 is 16.1 Å². The molecule has 0 radical (unpaired) electrons. The molecule has 26 heavy (non-hydrogen) atoms. The third-order valence-corrected chi connectivity index (χ3v) is 5.20. The molecule has 1 aromatic carbocycles. The van der Waals surface area contributed by atoms with E-state index in [0.717, 1.165) is 5.41 Å². The standard InChI is InChI=1S/C16H17F3N4O2S/c17-16(18,19)13-6-7-14-21-22-15(23(14)11-13)10-20-26(24,25)9-8-12-4-2-1-3-5-12/h1-5,8-9,13,20H,6-7,10-11H2/b9-8+/t13-/m0/s1. The SMILES string of the molecule is O=S(=O)(/C=C/c1ccccc1)NCc1nnc2n1C[C@@H](C(F)(F)F)CC2. The molecule has 6 nitrogen and oxygen atoms in total. The summed E-state index contributed by atoms with van der Waals surface area (Å²) < 4.78 is 66.6. The predicted molar refractivity (Wildman–Crippen MR) is 89.1 cm³/mol. The molecule has 0 spiro atoms. The molecule has 3 rings (SSSR count). The molecule has 0 fully saturated rings. The molecule has 0 aliphatic carbocycles. The van der Waals surface area contributed by atoms with E-state index >= 15 is 0 Å². The molecule has 1 aromatic heterocycles. The van der Waals surface area contributed by atoms with Crippen LogP contribution in [0.15, 0.2) is 35.7 Å². The van der Waals surface area contributed by atoms with Gasteiger partial charge in [-0.15, -0.1) is 10.2 Å². The minimum atomic E-state index is -4.29. The number of aryl methyl sites for hydroxylation is 1. The minimum absolute atomic E-state index is 0.0345. The Kier molecular flexibility index (Phi) is 5.15. The van der Waals surface area contributed by atoms with Gasteiger partial charge in [0.1, 0.15) is 11.6 Å². The van der Waals surface area contributed by atoms with Gasteiger partial charge in [-0.3, -0.25) is 0 Å². The average molecular weight is 386 g/mol. The lowest BCUT2D eigenvalue weighted by Gasteiger charge is -2.26. The molecule has 0 bridgehead atoms. The molecule has 1 aliphatic rings. The van der Waals surface area contributed by atoms with Crippen molar-refractivity contribution in [1.29, 1.82) is 0 Å². The van der Waals surface area contributed by atoms with Gasteiger partial charge in [-0.2, -0.15) is 13.2 Å². The van der Waals surface area contributed by atoms with Crippen LogP contribution in [0, 0.1) is 5.92 Å². The van der Waals surface area contributed by atoms with Gasteiger partial charge in [0.25, 0.3) is 0 Å². The zero-order valence-corrected chi connectivity index (χ0v) is 14.5. The Morgan fingerprint density at radius 3 is 2.65 bits per heavy atom. The first kappa shape index (κ1) is 18.6. The number of halogens is 3. The first-order valence-corrected chi connectivity index (χ1v) is 9.50. The summed E-state index contributed by atoms with van der Waals surface area (Å²) in [6.07, 6.45) is -2.73. The number of nitrogens with one attached hydrogen (secondary N) is 1. The van der Waals surface area contributed by atoms with Crippen molar-refractivity contribution in [3.05, 3.63) is 53.0 Å². The van der Waals surface area contributed by atoms with E-state index < -0.39 is 22.1 Å². The van der Waals surface area contributed by atoms with Gasteiger partial charge < -0.3 is 4.57 Å². The Hall–Kier alpha value is -2.20. The number of hydrogen-bond acceptors (Lipinski definition) is 4. The Labute approximate surface area is 148 Å². The maximum atomic E-state index is 12.9. The Balaban J connectivity index is 1.67. The summed E-state index contributed by atoms with van der Waals surface area (Å²) in [6.45, 7) is -0.512. The summed E-state index contributed by atoms with van der Waals surface area (Å²) in [4.78, 5) is 0. The smallest absolute Gasteiger partial charge is 0.313 e. The second kappa shape index (κ2) is 7.20. The van der Waals surface area contributed by atoms with Crippen LogP contribution in [0.1, 0.15) is 23.6 Å². The second-order valence-corrected chi connectivity index (χ2v) is 7.65. The monoisotopic (exact) mass is 386 g/mol. The van der Waals surface area contributed by atoms with Crippen molar-refractivity contribution in [2.24, 2.45) is 5.92 Å². The summed E-state index contributed by atoms with van der Waals surface area (Å²) >= 11 is 0. The highest BCUT2D eigenvalue weighted by molar-refractivity contribution is 7.92. The maximum Gasteiger partial charge on any atom is 0.393 e. The van der Waals surface area contributed by atoms with Crippen molar-refractivity contribution in [2.45, 2.75) is 32.1 Å². The van der Waals surface area contributed by atoms with Gasteiger partial charge in [0, 0.05) is 18.4 Å². The highest BCUT2D eigenvalue weighted by Gasteiger charge is 2.42. The quantitative estimate of drug-likeness (QED) is 0.857. The first-order valence-electron chi connectivity index (χ1n) is 7.95. The fourth-order valence-corrected chi connectivity index (χ4v) is 3.49. The van der Waals surface area contributed by atoms with E-state index in [1.807, 2.05) is 6.07 Å². The summed E-state index contributed by atoms with van der Waals surface area (Å²) in [6, 6.07) is 8.86. The molecule has 1 N–H and O–H groups in total. The minimum Gasteiger partial charge on any atom is -0.313 e. The lowest BCUT2D eigenvalue weighted by Crippen LogP contribution is -2.33. The van der Waals surface area contributed by atoms with E-state index in [2.05, 4.69) is 14.9 Å². The van der Waals surface area contributed by atoms with E-state index in [1.165, 1.54) is 10.6 Å². The number of benzene rings is 1. The van der Waals surface area contributed by atoms with Crippen LogP contribution in [0.25, 0.3) is 6.08 Å². The summed E-state index contributed by atoms with van der Waals surface area (Å²) in [5, 5.41) is 8.70. The Bertz CT molecular complexity index is 892. The van der Waals surface area contributed by atoms with Crippen LogP contribution >= 0.6 is 0 Å². The van der Waals surface area contributed by atoms with Crippen LogP contribution in [0.4, 0.5) is 13.2 Å². The predicted octanol–water partition coefficient (Wildman–Crippen LogP) is 2.49. The number of sulfonamides is 1. The number of fused-ring (bicyclic) bond motifs is 1. The Morgan fingerprint density at radius 2 is 1.96 bits per heavy atom. The van der Waals surface area contributed by atoms with Gasteiger partial charge in [0.05, 0.1) is 12.5 Å². The molecule has 140 valence electrons. The van der Waals surface area contributed by atoms with Gasteiger partial charge in [0.2, 0.25) is 10.0 Å². The van der Waals surface area contributed by atoms with Crippen molar-refractivity contribution in [2.75, 3.05) is 0 Å². The molecular weight excluding hydrogens is 369 g/mol. The van der Waals surface area contributed by atoms with Crippen molar-refractivity contribution in [3.8, 4) is 0 Å². The first-order chi connectivity index (χ1) is 12.2. The average Bonchev–Trinajstić information content (AvgIpc) is 3.01. The largest absolute Gasteiger partial charge is 0.393 e. The normalized spacial score (nSPS) is 18.2.